The molecule has 6 heteroatoms. The van der Waals surface area contributed by atoms with E-state index in [-0.39, 0.29) is 31.1 Å². The minimum atomic E-state index is -0.790. The van der Waals surface area contributed by atoms with Crippen LogP contribution < -0.4 is 0 Å². The van der Waals surface area contributed by atoms with Crippen molar-refractivity contribution in [3.8, 4) is 0 Å². The Morgan fingerprint density at radius 3 is 0.970 bits per heavy atom. The van der Waals surface area contributed by atoms with Crippen LogP contribution >= 0.6 is 0 Å². The number of hydrogen-bond donors (Lipinski definition) is 0. The molecule has 0 rings (SSSR count). The van der Waals surface area contributed by atoms with E-state index in [4.69, 9.17) is 14.2 Å². The molecular formula is C61H108O6. The van der Waals surface area contributed by atoms with Gasteiger partial charge in [-0.15, -0.1) is 0 Å². The lowest BCUT2D eigenvalue weighted by Gasteiger charge is -2.18. The topological polar surface area (TPSA) is 78.9 Å². The van der Waals surface area contributed by atoms with Gasteiger partial charge in [-0.2, -0.15) is 0 Å². The highest BCUT2D eigenvalue weighted by atomic mass is 16.6. The van der Waals surface area contributed by atoms with Crippen LogP contribution in [0.1, 0.15) is 290 Å². The van der Waals surface area contributed by atoms with Crippen LogP contribution in [0.2, 0.25) is 0 Å². The highest BCUT2D eigenvalue weighted by Gasteiger charge is 2.19. The molecule has 0 N–H and O–H groups in total. The van der Waals surface area contributed by atoms with Gasteiger partial charge in [-0.05, 0) is 64.2 Å². The molecule has 67 heavy (non-hydrogen) atoms. The average molecular weight is 938 g/mol. The van der Waals surface area contributed by atoms with Crippen molar-refractivity contribution in [2.45, 2.75) is 297 Å². The minimum Gasteiger partial charge on any atom is -0.462 e. The lowest BCUT2D eigenvalue weighted by atomic mass is 10.0. The molecule has 0 aromatic heterocycles. The zero-order valence-corrected chi connectivity index (χ0v) is 44.4. The molecule has 0 spiro atoms. The molecular weight excluding hydrogens is 829 g/mol. The Balaban J connectivity index is 4.37. The molecule has 0 aromatic rings. The maximum absolute atomic E-state index is 12.9. The van der Waals surface area contributed by atoms with Gasteiger partial charge in [0.05, 0.1) is 0 Å². The van der Waals surface area contributed by atoms with Crippen LogP contribution in [0.25, 0.3) is 0 Å². The third-order valence-electron chi connectivity index (χ3n) is 12.6. The first-order chi connectivity index (χ1) is 33.0. The fraction of sp³-hybridized carbons (Fsp3) is 0.787. The summed E-state index contributed by atoms with van der Waals surface area (Å²) >= 11 is 0. The second kappa shape index (κ2) is 55.7. The van der Waals surface area contributed by atoms with Gasteiger partial charge in [0.25, 0.3) is 0 Å². The second-order valence-corrected chi connectivity index (χ2v) is 19.3. The predicted molar refractivity (Wildman–Crippen MR) is 288 cm³/mol. The lowest BCUT2D eigenvalue weighted by molar-refractivity contribution is -0.167. The van der Waals surface area contributed by atoms with E-state index in [1.165, 1.54) is 180 Å². The molecule has 0 aliphatic carbocycles. The smallest absolute Gasteiger partial charge is 0.306 e. The molecule has 0 saturated carbocycles. The zero-order chi connectivity index (χ0) is 48.6. The Bertz CT molecular complexity index is 1210. The Labute approximate surface area is 415 Å². The van der Waals surface area contributed by atoms with Crippen LogP contribution in [-0.2, 0) is 28.6 Å². The second-order valence-electron chi connectivity index (χ2n) is 19.3. The van der Waals surface area contributed by atoms with E-state index in [0.717, 1.165) is 70.6 Å². The number of allylic oxidation sites excluding steroid dienone is 10. The van der Waals surface area contributed by atoms with E-state index >= 15 is 0 Å². The monoisotopic (exact) mass is 937 g/mol. The first kappa shape index (κ1) is 64.1. The summed E-state index contributed by atoms with van der Waals surface area (Å²) in [5.74, 6) is -0.918. The third-order valence-corrected chi connectivity index (χ3v) is 12.6. The van der Waals surface area contributed by atoms with Crippen molar-refractivity contribution >= 4 is 17.9 Å². The molecule has 0 heterocycles. The number of ether oxygens (including phenoxy) is 3. The van der Waals surface area contributed by atoms with Crippen molar-refractivity contribution in [2.24, 2.45) is 0 Å². The quantitative estimate of drug-likeness (QED) is 0.0199. The number of hydrogen-bond acceptors (Lipinski definition) is 6. The van der Waals surface area contributed by atoms with Gasteiger partial charge in [-0.3, -0.25) is 14.4 Å². The van der Waals surface area contributed by atoms with Crippen LogP contribution in [0, 0.1) is 0 Å². The summed E-state index contributed by atoms with van der Waals surface area (Å²) in [6.07, 6.45) is 69.3. The van der Waals surface area contributed by atoms with Crippen molar-refractivity contribution in [1.29, 1.82) is 0 Å². The summed E-state index contributed by atoms with van der Waals surface area (Å²) < 4.78 is 16.8. The van der Waals surface area contributed by atoms with E-state index in [2.05, 4.69) is 51.2 Å². The fourth-order valence-corrected chi connectivity index (χ4v) is 8.27. The Morgan fingerprint density at radius 1 is 0.313 bits per heavy atom. The van der Waals surface area contributed by atoms with Crippen molar-refractivity contribution in [3.63, 3.8) is 0 Å². The van der Waals surface area contributed by atoms with Gasteiger partial charge in [0.2, 0.25) is 0 Å². The van der Waals surface area contributed by atoms with Crippen molar-refractivity contribution in [2.75, 3.05) is 13.2 Å². The van der Waals surface area contributed by atoms with Crippen molar-refractivity contribution in [3.05, 3.63) is 60.8 Å². The van der Waals surface area contributed by atoms with Gasteiger partial charge in [-0.1, -0.05) is 268 Å². The molecule has 0 bridgehead atoms. The summed E-state index contributed by atoms with van der Waals surface area (Å²) in [6, 6.07) is 0. The van der Waals surface area contributed by atoms with Gasteiger partial charge >= 0.3 is 17.9 Å². The first-order valence-electron chi connectivity index (χ1n) is 28.8. The number of rotatable bonds is 52. The van der Waals surface area contributed by atoms with Crippen LogP contribution in [0.4, 0.5) is 0 Å². The molecule has 1 unspecified atom stereocenters. The van der Waals surface area contributed by atoms with E-state index in [9.17, 15) is 14.4 Å². The van der Waals surface area contributed by atoms with Crippen LogP contribution in [0.15, 0.2) is 60.8 Å². The Morgan fingerprint density at radius 2 is 0.597 bits per heavy atom. The van der Waals surface area contributed by atoms with Gasteiger partial charge in [-0.25, -0.2) is 0 Å². The van der Waals surface area contributed by atoms with Gasteiger partial charge in [0.15, 0.2) is 6.10 Å². The predicted octanol–water partition coefficient (Wildman–Crippen LogP) is 19.2. The maximum Gasteiger partial charge on any atom is 0.306 e. The summed E-state index contributed by atoms with van der Waals surface area (Å²) in [6.45, 7) is 6.49. The van der Waals surface area contributed by atoms with Crippen LogP contribution in [-0.4, -0.2) is 37.2 Å². The molecule has 0 radical (unpaired) electrons. The largest absolute Gasteiger partial charge is 0.462 e. The van der Waals surface area contributed by atoms with E-state index in [1.807, 2.05) is 30.4 Å². The number of esters is 3. The van der Waals surface area contributed by atoms with E-state index in [0.29, 0.717) is 19.3 Å². The number of unbranched alkanes of at least 4 members (excludes halogenated alkanes) is 34. The maximum atomic E-state index is 12.9. The normalized spacial score (nSPS) is 12.5. The van der Waals surface area contributed by atoms with Crippen LogP contribution in [0.3, 0.4) is 0 Å². The number of carbonyl (C=O) groups is 3. The van der Waals surface area contributed by atoms with Gasteiger partial charge < -0.3 is 14.2 Å². The number of carbonyl (C=O) groups excluding carboxylic acids is 3. The van der Waals surface area contributed by atoms with E-state index < -0.39 is 6.10 Å². The summed E-state index contributed by atoms with van der Waals surface area (Å²) in [4.78, 5) is 38.1. The van der Waals surface area contributed by atoms with Gasteiger partial charge in [0, 0.05) is 19.3 Å². The first-order valence-corrected chi connectivity index (χ1v) is 28.8. The molecule has 0 amide bonds. The summed E-state index contributed by atoms with van der Waals surface area (Å²) in [7, 11) is 0. The minimum absolute atomic E-state index is 0.0868. The SMILES string of the molecule is CC\C=C/C=C\C=C/C=C\CCCCCC(=O)OCC(COC(=O)CCCCCCCCC/C=C\CCCCCCCCCC)OC(=O)CCCCCCCCCCCCCCCCCCC. The van der Waals surface area contributed by atoms with Crippen LogP contribution in [0.5, 0.6) is 0 Å². The van der Waals surface area contributed by atoms with E-state index in [1.54, 1.807) is 0 Å². The average Bonchev–Trinajstić information content (AvgIpc) is 3.33. The fourth-order valence-electron chi connectivity index (χ4n) is 8.27. The third kappa shape index (κ3) is 53.9. The molecule has 0 aliphatic heterocycles. The highest BCUT2D eigenvalue weighted by molar-refractivity contribution is 5.71. The molecule has 0 aliphatic rings. The Hall–Kier alpha value is -2.89. The van der Waals surface area contributed by atoms with Crippen molar-refractivity contribution in [1.82, 2.24) is 0 Å². The molecule has 6 nitrogen and oxygen atoms in total. The van der Waals surface area contributed by atoms with Crippen molar-refractivity contribution < 1.29 is 28.6 Å². The highest BCUT2D eigenvalue weighted by Crippen LogP contribution is 2.16. The summed E-state index contributed by atoms with van der Waals surface area (Å²) in [5, 5.41) is 0. The zero-order valence-electron chi connectivity index (χ0n) is 44.4. The standard InChI is InChI=1S/C61H108O6/c1-4-7-10-13-16-19-22-25-27-29-30-32-33-36-39-42-45-48-51-54-60(63)66-57-58(56-65-59(62)53-50-47-44-41-38-35-24-21-18-15-12-9-6-3)67-61(64)55-52-49-46-43-40-37-34-31-28-26-23-20-17-14-11-8-5-2/h9,12,15,18,21,24,29-30,35,38,58H,4-8,10-11,13-14,16-17,19-20,22-23,25-28,31-34,36-37,39-57H2,1-3H3/b12-9-,18-15-,24-21-,30-29-,38-35-. The molecule has 0 aromatic carbocycles. The summed E-state index contributed by atoms with van der Waals surface area (Å²) in [5.41, 5.74) is 0. The molecule has 0 fully saturated rings. The Kier molecular flexibility index (Phi) is 53.3. The molecule has 0 saturated heterocycles. The molecule has 388 valence electrons. The molecule has 1 atom stereocenters. The lowest BCUT2D eigenvalue weighted by Crippen LogP contribution is -2.30. The van der Waals surface area contributed by atoms with Gasteiger partial charge in [0.1, 0.15) is 13.2 Å².